The van der Waals surface area contributed by atoms with E-state index in [1.54, 1.807) is 54.9 Å². The molecule has 15 N–H and O–H groups in total. The van der Waals surface area contributed by atoms with Gasteiger partial charge in [0.2, 0.25) is 41.4 Å². The maximum atomic E-state index is 14.5. The third-order valence-corrected chi connectivity index (χ3v) is 11.3. The lowest BCUT2D eigenvalue weighted by Gasteiger charge is -2.28. The number of aromatic amines is 1. The first-order valence-corrected chi connectivity index (χ1v) is 23.3. The first kappa shape index (κ1) is 54.3. The van der Waals surface area contributed by atoms with Gasteiger partial charge in [0.05, 0.1) is 18.6 Å². The van der Waals surface area contributed by atoms with Gasteiger partial charge in [0.25, 0.3) is 0 Å². The summed E-state index contributed by atoms with van der Waals surface area (Å²) in [6, 6.07) is 6.34. The molecule has 0 fully saturated rings. The minimum absolute atomic E-state index is 0.0532. The number of benzene rings is 2. The Balaban J connectivity index is 1.96. The molecule has 0 aliphatic heterocycles. The van der Waals surface area contributed by atoms with Crippen LogP contribution < -0.4 is 49.1 Å². The van der Waals surface area contributed by atoms with Gasteiger partial charge in [0.15, 0.2) is 6.04 Å². The number of thioether (sulfide) groups is 1. The summed E-state index contributed by atoms with van der Waals surface area (Å²) in [4.78, 5) is 111. The summed E-state index contributed by atoms with van der Waals surface area (Å²) < 4.78 is 0. The number of H-pyrrole nitrogens is 1. The normalized spacial score (nSPS) is 14.9. The minimum atomic E-state index is -1.69. The molecular weight excluding hydrogens is 873 g/mol. The molecule has 8 atom stereocenters. The monoisotopic (exact) mass is 938 g/mol. The molecule has 20 nitrogen and oxygen atoms in total. The zero-order chi connectivity index (χ0) is 48.9. The molecule has 7 amide bonds. The van der Waals surface area contributed by atoms with E-state index in [9.17, 15) is 48.6 Å². The smallest absolute Gasteiger partial charge is 0.328 e. The van der Waals surface area contributed by atoms with Crippen LogP contribution in [0.3, 0.4) is 0 Å². The van der Waals surface area contributed by atoms with E-state index in [0.717, 1.165) is 10.9 Å². The number of nitrogens with two attached hydrogens (primary N) is 3. The molecule has 3 aromatic rings. The Morgan fingerprint density at radius 3 is 1.83 bits per heavy atom. The molecule has 1 aromatic heterocycles. The fraction of sp³-hybridized carbons (Fsp3) is 0.511. The second kappa shape index (κ2) is 27.4. The van der Waals surface area contributed by atoms with Gasteiger partial charge in [-0.1, -0.05) is 68.8 Å². The first-order valence-electron chi connectivity index (χ1n) is 21.9. The summed E-state index contributed by atoms with van der Waals surface area (Å²) >= 11 is 1.37. The molecule has 0 radical (unpaired) electrons. The van der Waals surface area contributed by atoms with Crippen LogP contribution in [-0.2, 0) is 51.2 Å². The number of para-hydroxylation sites is 1. The Morgan fingerprint density at radius 1 is 0.682 bits per heavy atom. The zero-order valence-electron chi connectivity index (χ0n) is 37.8. The van der Waals surface area contributed by atoms with Crippen LogP contribution >= 0.6 is 11.8 Å². The maximum absolute atomic E-state index is 14.5. The molecule has 0 saturated heterocycles. The molecule has 0 unspecified atom stereocenters. The second-order valence-electron chi connectivity index (χ2n) is 16.6. The highest BCUT2D eigenvalue weighted by atomic mass is 32.2. The van der Waals surface area contributed by atoms with E-state index in [1.807, 2.05) is 26.0 Å². The van der Waals surface area contributed by atoms with Crippen LogP contribution in [0.5, 0.6) is 0 Å². The van der Waals surface area contributed by atoms with Crippen molar-refractivity contribution in [2.24, 2.45) is 23.1 Å². The number of carboxylic acid groups (broad SMARTS) is 1. The van der Waals surface area contributed by atoms with Crippen molar-refractivity contribution in [3.8, 4) is 0 Å². The molecule has 0 aliphatic carbocycles. The summed E-state index contributed by atoms with van der Waals surface area (Å²) in [6.07, 6.45) is 2.84. The SMILES string of the molecule is CSCC[C@H](NC(=O)[C@H](Cc1c[nH]c2ccccc12)NC(=O)[C@H](CC(N)=O)NC(=O)[C@H](CC(C)C)NC(=O)[C@@H](N)CCCCN)C(=O)N[C@@H](Cc1ccccc1)C(=O)N[C@H](C(=O)O)[C@@H](C)O. The fourth-order valence-electron chi connectivity index (χ4n) is 7.06. The minimum Gasteiger partial charge on any atom is -0.480 e. The summed E-state index contributed by atoms with van der Waals surface area (Å²) in [5.74, 6) is -7.08. The predicted molar refractivity (Wildman–Crippen MR) is 250 cm³/mol. The number of fused-ring (bicyclic) bond motifs is 1. The van der Waals surface area contributed by atoms with Crippen LogP contribution in [0, 0.1) is 5.92 Å². The molecule has 362 valence electrons. The highest BCUT2D eigenvalue weighted by molar-refractivity contribution is 7.98. The fourth-order valence-corrected chi connectivity index (χ4v) is 7.53. The summed E-state index contributed by atoms with van der Waals surface area (Å²) in [5.41, 5.74) is 19.1. The Kier molecular flexibility index (Phi) is 22.6. The highest BCUT2D eigenvalue weighted by Crippen LogP contribution is 2.20. The van der Waals surface area contributed by atoms with E-state index in [-0.39, 0.29) is 31.6 Å². The Bertz CT molecular complexity index is 2100. The van der Waals surface area contributed by atoms with Crippen LogP contribution in [0.4, 0.5) is 0 Å². The predicted octanol–water partition coefficient (Wildman–Crippen LogP) is -0.542. The third kappa shape index (κ3) is 17.7. The first-order chi connectivity index (χ1) is 31.3. The van der Waals surface area contributed by atoms with Gasteiger partial charge in [0.1, 0.15) is 30.2 Å². The summed E-state index contributed by atoms with van der Waals surface area (Å²) in [5, 5.41) is 35.9. The largest absolute Gasteiger partial charge is 0.480 e. The number of carboxylic acids is 1. The molecule has 0 aliphatic rings. The number of aliphatic carboxylic acids is 1. The van der Waals surface area contributed by atoms with Crippen LogP contribution in [0.2, 0.25) is 0 Å². The van der Waals surface area contributed by atoms with Crippen molar-refractivity contribution in [1.29, 1.82) is 0 Å². The van der Waals surface area contributed by atoms with Crippen molar-refractivity contribution >= 4 is 70.0 Å². The molecule has 21 heteroatoms. The van der Waals surface area contributed by atoms with Crippen molar-refractivity contribution in [1.82, 2.24) is 36.9 Å². The maximum Gasteiger partial charge on any atom is 0.328 e. The standard InChI is InChI=1S/C45H66N10O10S/c1-25(2)20-33(51-39(58)30(47)15-10-11-18-46)41(60)54-36(23-37(48)57)43(62)53-35(22-28-24-49-31-16-9-8-14-29(28)31)42(61)50-32(17-19-66-4)40(59)52-34(21-27-12-6-5-7-13-27)44(63)55-38(26(3)56)45(64)65/h5-9,12-14,16,24-26,30,32-36,38,49,56H,10-11,15,17-23,46-47H2,1-4H3,(H2,48,57)(H,50,61)(H,51,58)(H,52,59)(H,53,62)(H,54,60)(H,55,63)(H,64,65)/t26-,30+,32+,33+,34+,35+,36+,38+/m1/s1. The van der Waals surface area contributed by atoms with Gasteiger partial charge < -0.3 is 64.3 Å². The van der Waals surface area contributed by atoms with Crippen LogP contribution in [0.15, 0.2) is 60.8 Å². The Labute approximate surface area is 388 Å². The van der Waals surface area contributed by atoms with Crippen molar-refractivity contribution < 1.29 is 48.6 Å². The third-order valence-electron chi connectivity index (χ3n) is 10.6. The number of amides is 7. The topological polar surface area (TPSA) is 343 Å². The number of primary amides is 1. The van der Waals surface area contributed by atoms with Crippen molar-refractivity contribution in [3.63, 3.8) is 0 Å². The lowest BCUT2D eigenvalue weighted by molar-refractivity contribution is -0.145. The highest BCUT2D eigenvalue weighted by Gasteiger charge is 2.35. The number of aromatic nitrogens is 1. The van der Waals surface area contributed by atoms with Gasteiger partial charge in [-0.05, 0) is 74.3 Å². The van der Waals surface area contributed by atoms with Crippen molar-refractivity contribution in [2.45, 2.75) is 121 Å². The zero-order valence-corrected chi connectivity index (χ0v) is 38.7. The number of hydrogen-bond acceptors (Lipinski definition) is 12. The number of carbonyl (C=O) groups is 8. The van der Waals surface area contributed by atoms with E-state index >= 15 is 0 Å². The number of nitrogens with one attached hydrogen (secondary N) is 7. The molecule has 0 saturated carbocycles. The molecular formula is C45H66N10O10S. The molecule has 0 spiro atoms. The molecule has 66 heavy (non-hydrogen) atoms. The Hall–Kier alpha value is -6.03. The number of aliphatic hydroxyl groups is 1. The van der Waals surface area contributed by atoms with E-state index in [2.05, 4.69) is 36.9 Å². The molecule has 0 bridgehead atoms. The second-order valence-corrected chi connectivity index (χ2v) is 17.6. The average molecular weight is 939 g/mol. The van der Waals surface area contributed by atoms with Gasteiger partial charge in [-0.25, -0.2) is 4.79 Å². The van der Waals surface area contributed by atoms with Gasteiger partial charge in [-0.15, -0.1) is 0 Å². The summed E-state index contributed by atoms with van der Waals surface area (Å²) in [7, 11) is 0. The van der Waals surface area contributed by atoms with Gasteiger partial charge >= 0.3 is 5.97 Å². The number of hydrogen-bond donors (Lipinski definition) is 12. The number of aliphatic hydroxyl groups excluding tert-OH is 1. The lowest BCUT2D eigenvalue weighted by Crippen LogP contribution is -2.61. The van der Waals surface area contributed by atoms with E-state index in [4.69, 9.17) is 17.2 Å². The van der Waals surface area contributed by atoms with E-state index in [1.165, 1.54) is 18.7 Å². The molecule has 1 heterocycles. The number of carbonyl (C=O) groups excluding carboxylic acids is 7. The van der Waals surface area contributed by atoms with Crippen LogP contribution in [-0.4, -0.2) is 129 Å². The van der Waals surface area contributed by atoms with Gasteiger partial charge in [-0.3, -0.25) is 33.6 Å². The summed E-state index contributed by atoms with van der Waals surface area (Å²) in [6.45, 7) is 5.27. The average Bonchev–Trinajstić information content (AvgIpc) is 3.67. The van der Waals surface area contributed by atoms with Crippen LogP contribution in [0.1, 0.15) is 70.4 Å². The number of unbranched alkanes of at least 4 members (excludes halogenated alkanes) is 1. The molecule has 2 aromatic carbocycles. The van der Waals surface area contributed by atoms with Crippen LogP contribution in [0.25, 0.3) is 10.9 Å². The van der Waals surface area contributed by atoms with Crippen molar-refractivity contribution in [3.05, 3.63) is 71.9 Å². The van der Waals surface area contributed by atoms with E-state index < -0.39 is 102 Å². The van der Waals surface area contributed by atoms with E-state index in [0.29, 0.717) is 42.7 Å². The van der Waals surface area contributed by atoms with Gasteiger partial charge in [-0.2, -0.15) is 11.8 Å². The molecule has 3 rings (SSSR count). The van der Waals surface area contributed by atoms with Gasteiger partial charge in [0, 0.05) is 29.9 Å². The quantitative estimate of drug-likeness (QED) is 0.0390. The van der Waals surface area contributed by atoms with Crippen molar-refractivity contribution in [2.75, 3.05) is 18.6 Å². The Morgan fingerprint density at radius 2 is 1.23 bits per heavy atom. The lowest BCUT2D eigenvalue weighted by atomic mass is 10.0. The number of rotatable bonds is 29.